The predicted molar refractivity (Wildman–Crippen MR) is 142 cm³/mol. The van der Waals surface area contributed by atoms with Crippen molar-refractivity contribution in [2.75, 3.05) is 20.0 Å². The molecule has 1 saturated heterocycles. The number of methoxy groups -OCH3 is 1. The summed E-state index contributed by atoms with van der Waals surface area (Å²) < 4.78 is 78.2. The summed E-state index contributed by atoms with van der Waals surface area (Å²) in [6, 6.07) is 10.3. The highest BCUT2D eigenvalue weighted by Crippen LogP contribution is 2.39. The molecule has 1 heterocycles. The first kappa shape index (κ1) is 29.6. The molecule has 1 aliphatic heterocycles. The van der Waals surface area contributed by atoms with Crippen LogP contribution in [0.15, 0.2) is 42.5 Å². The Bertz CT molecular complexity index is 1210. The van der Waals surface area contributed by atoms with Gasteiger partial charge in [0.2, 0.25) is 10.0 Å². The maximum Gasteiger partial charge on any atom is 0.416 e. The maximum absolute atomic E-state index is 13.2. The minimum absolute atomic E-state index is 0.0627. The third-order valence-electron chi connectivity index (χ3n) is 7.78. The third kappa shape index (κ3) is 7.65. The fraction of sp³-hybridized carbons (Fsp3) is 0.571. The number of benzene rings is 2. The van der Waals surface area contributed by atoms with Crippen LogP contribution in [0.3, 0.4) is 0 Å². The molecule has 2 aromatic rings. The van der Waals surface area contributed by atoms with Crippen molar-refractivity contribution >= 4 is 10.0 Å². The first-order chi connectivity index (χ1) is 18.3. The van der Waals surface area contributed by atoms with Crippen LogP contribution in [-0.4, -0.2) is 62.0 Å². The molecule has 39 heavy (non-hydrogen) atoms. The van der Waals surface area contributed by atoms with Gasteiger partial charge in [0.15, 0.2) is 0 Å². The average Bonchev–Trinajstić information content (AvgIpc) is 3.24. The van der Waals surface area contributed by atoms with Crippen molar-refractivity contribution < 1.29 is 36.2 Å². The predicted octanol–water partition coefficient (Wildman–Crippen LogP) is 5.04. The average molecular weight is 571 g/mol. The van der Waals surface area contributed by atoms with Crippen LogP contribution < -0.4 is 10.1 Å². The highest BCUT2D eigenvalue weighted by Gasteiger charge is 2.40. The van der Waals surface area contributed by atoms with Crippen molar-refractivity contribution in [2.45, 2.75) is 81.9 Å². The second-order valence-corrected chi connectivity index (χ2v) is 12.7. The van der Waals surface area contributed by atoms with E-state index in [1.807, 2.05) is 31.2 Å². The molecule has 2 aromatic carbocycles. The zero-order chi connectivity index (χ0) is 28.4. The van der Waals surface area contributed by atoms with Gasteiger partial charge in [0.05, 0.1) is 31.6 Å². The highest BCUT2D eigenvalue weighted by atomic mass is 32.2. The molecule has 3 atom stereocenters. The monoisotopic (exact) mass is 570 g/mol. The van der Waals surface area contributed by atoms with Crippen LogP contribution >= 0.6 is 0 Å². The Morgan fingerprint density at radius 2 is 1.74 bits per heavy atom. The summed E-state index contributed by atoms with van der Waals surface area (Å²) in [5.74, 6) is 0.239. The normalized spacial score (nSPS) is 26.2. The van der Waals surface area contributed by atoms with E-state index in [-0.39, 0.29) is 42.4 Å². The molecule has 2 aliphatic rings. The molecular weight excluding hydrogens is 533 g/mol. The van der Waals surface area contributed by atoms with E-state index >= 15 is 0 Å². The molecule has 4 rings (SSSR count). The van der Waals surface area contributed by atoms with Crippen molar-refractivity contribution in [2.24, 2.45) is 0 Å². The third-order valence-corrected chi connectivity index (χ3v) is 9.03. The topological polar surface area (TPSA) is 88.1 Å². The molecule has 0 unspecified atom stereocenters. The molecule has 216 valence electrons. The second kappa shape index (κ2) is 12.0. The molecule has 7 nitrogen and oxygen atoms in total. The molecule has 0 radical (unpaired) electrons. The number of nitrogens with one attached hydrogen (secondary N) is 1. The lowest BCUT2D eigenvalue weighted by Crippen LogP contribution is -2.48. The standard InChI is InChI=1S/C28H37F3N2O5S/c1-18-12-27(33(39(3,35)36)16-19-4-8-24(37-2)9-5-19)26(32-18)17-38-25-10-6-20(7-11-25)21-13-22(28(29,30)31)15-23(34)14-21/h4-5,8-9,13-15,18,20,25-27,32,34H,6-7,10-12,16-17H2,1-3H3/t18-,20?,25?,26+,27+/m1/s1. The van der Waals surface area contributed by atoms with Gasteiger partial charge in [-0.25, -0.2) is 8.42 Å². The summed E-state index contributed by atoms with van der Waals surface area (Å²) in [5.41, 5.74) is 0.516. The number of hydrogen-bond donors (Lipinski definition) is 2. The lowest BCUT2D eigenvalue weighted by molar-refractivity contribution is -0.137. The smallest absolute Gasteiger partial charge is 0.416 e. The van der Waals surface area contributed by atoms with Crippen LogP contribution in [0.1, 0.15) is 61.6 Å². The van der Waals surface area contributed by atoms with Gasteiger partial charge >= 0.3 is 6.18 Å². The van der Waals surface area contributed by atoms with E-state index in [2.05, 4.69) is 5.32 Å². The van der Waals surface area contributed by atoms with Crippen molar-refractivity contribution in [3.63, 3.8) is 0 Å². The lowest BCUT2D eigenvalue weighted by atomic mass is 9.82. The Kier molecular flexibility index (Phi) is 9.15. The molecule has 0 aromatic heterocycles. The van der Waals surface area contributed by atoms with Crippen molar-refractivity contribution in [1.82, 2.24) is 9.62 Å². The van der Waals surface area contributed by atoms with E-state index in [0.29, 0.717) is 50.0 Å². The van der Waals surface area contributed by atoms with Crippen LogP contribution in [0.5, 0.6) is 11.5 Å². The molecular formula is C28H37F3N2O5S. The first-order valence-electron chi connectivity index (χ1n) is 13.2. The Morgan fingerprint density at radius 1 is 1.08 bits per heavy atom. The van der Waals surface area contributed by atoms with Crippen LogP contribution in [0.4, 0.5) is 13.2 Å². The maximum atomic E-state index is 13.2. The van der Waals surface area contributed by atoms with Gasteiger partial charge in [-0.05, 0) is 86.4 Å². The number of aromatic hydroxyl groups is 1. The molecule has 0 spiro atoms. The number of phenolic OH excluding ortho intramolecular Hbond substituents is 1. The van der Waals surface area contributed by atoms with Crippen LogP contribution in [0.2, 0.25) is 0 Å². The number of phenols is 1. The van der Waals surface area contributed by atoms with E-state index in [4.69, 9.17) is 9.47 Å². The molecule has 0 amide bonds. The Hall–Kier alpha value is -2.34. The molecule has 0 bridgehead atoms. The van der Waals surface area contributed by atoms with Crippen LogP contribution in [0.25, 0.3) is 0 Å². The summed E-state index contributed by atoms with van der Waals surface area (Å²) in [6.07, 6.45) is -0.0395. The summed E-state index contributed by atoms with van der Waals surface area (Å²) in [5, 5.41) is 13.3. The first-order valence-corrected chi connectivity index (χ1v) is 15.1. The SMILES string of the molecule is COc1ccc(CN([C@H]2C[C@@H](C)N[C@H]2COC2CCC(c3cc(O)cc(C(F)(F)F)c3)CC2)S(C)(=O)=O)cc1. The number of alkyl halides is 3. The Labute approximate surface area is 228 Å². The fourth-order valence-corrected chi connectivity index (χ4v) is 6.88. The Morgan fingerprint density at radius 3 is 2.33 bits per heavy atom. The van der Waals surface area contributed by atoms with E-state index in [0.717, 1.165) is 17.7 Å². The van der Waals surface area contributed by atoms with Gasteiger partial charge in [-0.2, -0.15) is 17.5 Å². The van der Waals surface area contributed by atoms with Crippen molar-refractivity contribution in [3.05, 3.63) is 59.2 Å². The summed E-state index contributed by atoms with van der Waals surface area (Å²) in [6.45, 7) is 2.60. The minimum atomic E-state index is -4.51. The molecule has 11 heteroatoms. The molecule has 2 fully saturated rings. The Balaban J connectivity index is 1.37. The van der Waals surface area contributed by atoms with Gasteiger partial charge in [0.25, 0.3) is 0 Å². The van der Waals surface area contributed by atoms with Crippen molar-refractivity contribution in [1.29, 1.82) is 0 Å². The number of hydrogen-bond acceptors (Lipinski definition) is 6. The molecule has 1 aliphatic carbocycles. The van der Waals surface area contributed by atoms with Gasteiger partial charge in [-0.1, -0.05) is 12.1 Å². The van der Waals surface area contributed by atoms with Crippen molar-refractivity contribution in [3.8, 4) is 11.5 Å². The quantitative estimate of drug-likeness (QED) is 0.439. The number of ether oxygens (including phenoxy) is 2. The van der Waals surface area contributed by atoms with Gasteiger partial charge in [0.1, 0.15) is 11.5 Å². The lowest BCUT2D eigenvalue weighted by Gasteiger charge is -2.33. The summed E-state index contributed by atoms with van der Waals surface area (Å²) in [4.78, 5) is 0. The zero-order valence-electron chi connectivity index (χ0n) is 22.4. The summed E-state index contributed by atoms with van der Waals surface area (Å²) in [7, 11) is -1.93. The van der Waals surface area contributed by atoms with Gasteiger partial charge in [0, 0.05) is 24.7 Å². The van der Waals surface area contributed by atoms with E-state index in [1.165, 1.54) is 16.6 Å². The van der Waals surface area contributed by atoms with E-state index in [9.17, 15) is 26.7 Å². The number of sulfonamides is 1. The largest absolute Gasteiger partial charge is 0.508 e. The van der Waals surface area contributed by atoms with E-state index < -0.39 is 21.8 Å². The summed E-state index contributed by atoms with van der Waals surface area (Å²) >= 11 is 0. The minimum Gasteiger partial charge on any atom is -0.508 e. The second-order valence-electron chi connectivity index (χ2n) is 10.8. The van der Waals surface area contributed by atoms with Crippen LogP contribution in [-0.2, 0) is 27.5 Å². The zero-order valence-corrected chi connectivity index (χ0v) is 23.3. The fourth-order valence-electron chi connectivity index (χ4n) is 5.78. The van der Waals surface area contributed by atoms with Gasteiger partial charge in [-0.3, -0.25) is 0 Å². The number of halogens is 3. The highest BCUT2D eigenvalue weighted by molar-refractivity contribution is 7.88. The molecule has 2 N–H and O–H groups in total. The number of nitrogens with zero attached hydrogens (tertiary/aromatic N) is 1. The number of rotatable bonds is 9. The van der Waals surface area contributed by atoms with Gasteiger partial charge < -0.3 is 19.9 Å². The molecule has 1 saturated carbocycles. The van der Waals surface area contributed by atoms with E-state index in [1.54, 1.807) is 7.11 Å². The van der Waals surface area contributed by atoms with Crippen LogP contribution in [0, 0.1) is 0 Å². The van der Waals surface area contributed by atoms with Gasteiger partial charge in [-0.15, -0.1) is 0 Å².